The fraction of sp³-hybridized carbons (Fsp3) is 1.00. The molecular formula is C11H23N3O. The first-order valence-corrected chi connectivity index (χ1v) is 6.10. The van der Waals surface area contributed by atoms with Gasteiger partial charge in [-0.15, -0.1) is 0 Å². The van der Waals surface area contributed by atoms with Crippen molar-refractivity contribution in [1.29, 1.82) is 0 Å². The second kappa shape index (κ2) is 5.80. The van der Waals surface area contributed by atoms with Crippen LogP contribution >= 0.6 is 0 Å². The maximum atomic E-state index is 5.34. The number of hydrogen-bond donors (Lipinski definition) is 1. The smallest absolute Gasteiger partial charge is 0.0594 e. The largest absolute Gasteiger partial charge is 0.379 e. The van der Waals surface area contributed by atoms with E-state index in [-0.39, 0.29) is 0 Å². The number of piperazine rings is 1. The lowest BCUT2D eigenvalue weighted by Gasteiger charge is -2.34. The molecule has 2 fully saturated rings. The Morgan fingerprint density at radius 3 is 2.60 bits per heavy atom. The lowest BCUT2D eigenvalue weighted by Crippen LogP contribution is -2.51. The van der Waals surface area contributed by atoms with Crippen LogP contribution in [0.25, 0.3) is 0 Å². The van der Waals surface area contributed by atoms with E-state index in [4.69, 9.17) is 4.74 Å². The standard InChI is InChI=1S/C11H23N3O/c1-11-10-14(3-2-12-11)5-4-13-6-8-15-9-7-13/h11-12H,2-10H2,1H3. The molecular weight excluding hydrogens is 190 g/mol. The van der Waals surface area contributed by atoms with E-state index in [1.807, 2.05) is 0 Å². The van der Waals surface area contributed by atoms with Crippen LogP contribution in [0.4, 0.5) is 0 Å². The summed E-state index contributed by atoms with van der Waals surface area (Å²) in [5.41, 5.74) is 0. The van der Waals surface area contributed by atoms with Crippen molar-refractivity contribution < 1.29 is 4.74 Å². The summed E-state index contributed by atoms with van der Waals surface area (Å²) >= 11 is 0. The Morgan fingerprint density at radius 1 is 1.13 bits per heavy atom. The average Bonchev–Trinajstić information content (AvgIpc) is 2.28. The zero-order valence-electron chi connectivity index (χ0n) is 9.74. The fourth-order valence-corrected chi connectivity index (χ4v) is 2.32. The molecule has 4 nitrogen and oxygen atoms in total. The van der Waals surface area contributed by atoms with Crippen LogP contribution in [0.5, 0.6) is 0 Å². The number of nitrogens with one attached hydrogen (secondary N) is 1. The van der Waals surface area contributed by atoms with E-state index in [1.54, 1.807) is 0 Å². The summed E-state index contributed by atoms with van der Waals surface area (Å²) in [4.78, 5) is 5.08. The second-order valence-corrected chi connectivity index (χ2v) is 4.61. The van der Waals surface area contributed by atoms with Crippen molar-refractivity contribution in [3.63, 3.8) is 0 Å². The number of hydrogen-bond acceptors (Lipinski definition) is 4. The fourth-order valence-electron chi connectivity index (χ4n) is 2.32. The van der Waals surface area contributed by atoms with Gasteiger partial charge in [0.2, 0.25) is 0 Å². The molecule has 15 heavy (non-hydrogen) atoms. The lowest BCUT2D eigenvalue weighted by molar-refractivity contribution is 0.0320. The maximum absolute atomic E-state index is 5.34. The summed E-state index contributed by atoms with van der Waals surface area (Å²) in [6.45, 7) is 12.3. The summed E-state index contributed by atoms with van der Waals surface area (Å²) in [5.74, 6) is 0. The summed E-state index contributed by atoms with van der Waals surface area (Å²) in [5, 5.41) is 3.47. The van der Waals surface area contributed by atoms with Gasteiger partial charge in [0.25, 0.3) is 0 Å². The van der Waals surface area contributed by atoms with Crippen LogP contribution in [0, 0.1) is 0 Å². The van der Waals surface area contributed by atoms with Crippen molar-refractivity contribution in [2.24, 2.45) is 0 Å². The Labute approximate surface area is 92.6 Å². The predicted octanol–water partition coefficient (Wildman–Crippen LogP) is -0.388. The Kier molecular flexibility index (Phi) is 4.38. The van der Waals surface area contributed by atoms with Crippen molar-refractivity contribution in [3.05, 3.63) is 0 Å². The Hall–Kier alpha value is -0.160. The molecule has 0 amide bonds. The molecule has 2 aliphatic heterocycles. The van der Waals surface area contributed by atoms with Crippen LogP contribution in [0.1, 0.15) is 6.92 Å². The topological polar surface area (TPSA) is 27.7 Å². The summed E-state index contributed by atoms with van der Waals surface area (Å²) in [7, 11) is 0. The van der Waals surface area contributed by atoms with Gasteiger partial charge in [0.1, 0.15) is 0 Å². The van der Waals surface area contributed by atoms with Crippen molar-refractivity contribution in [3.8, 4) is 0 Å². The minimum Gasteiger partial charge on any atom is -0.379 e. The van der Waals surface area contributed by atoms with Crippen LogP contribution in [-0.2, 0) is 4.74 Å². The van der Waals surface area contributed by atoms with E-state index in [0.717, 1.165) is 32.8 Å². The highest BCUT2D eigenvalue weighted by Gasteiger charge is 2.16. The van der Waals surface area contributed by atoms with Gasteiger partial charge in [0.15, 0.2) is 0 Å². The highest BCUT2D eigenvalue weighted by Crippen LogP contribution is 2.01. The molecule has 0 radical (unpaired) electrons. The Balaban J connectivity index is 1.63. The third-order valence-corrected chi connectivity index (χ3v) is 3.29. The van der Waals surface area contributed by atoms with Gasteiger partial charge in [-0.2, -0.15) is 0 Å². The van der Waals surface area contributed by atoms with Crippen molar-refractivity contribution in [2.75, 3.05) is 59.0 Å². The van der Waals surface area contributed by atoms with E-state index in [0.29, 0.717) is 6.04 Å². The third-order valence-electron chi connectivity index (χ3n) is 3.29. The zero-order chi connectivity index (χ0) is 10.5. The highest BCUT2D eigenvalue weighted by atomic mass is 16.5. The monoisotopic (exact) mass is 213 g/mol. The molecule has 0 saturated carbocycles. The highest BCUT2D eigenvalue weighted by molar-refractivity contribution is 4.76. The molecule has 2 aliphatic rings. The van der Waals surface area contributed by atoms with Crippen LogP contribution in [-0.4, -0.2) is 74.9 Å². The first-order valence-electron chi connectivity index (χ1n) is 6.10. The molecule has 0 bridgehead atoms. The van der Waals surface area contributed by atoms with E-state index < -0.39 is 0 Å². The van der Waals surface area contributed by atoms with Crippen LogP contribution < -0.4 is 5.32 Å². The molecule has 88 valence electrons. The van der Waals surface area contributed by atoms with Gasteiger partial charge >= 0.3 is 0 Å². The molecule has 1 atom stereocenters. The molecule has 2 saturated heterocycles. The number of ether oxygens (including phenoxy) is 1. The SMILES string of the molecule is CC1CN(CCN2CCOCC2)CCN1. The van der Waals surface area contributed by atoms with Gasteiger partial charge < -0.3 is 10.1 Å². The van der Waals surface area contributed by atoms with Crippen molar-refractivity contribution >= 4 is 0 Å². The minimum atomic E-state index is 0.656. The molecule has 1 N–H and O–H groups in total. The normalized spacial score (nSPS) is 30.6. The molecule has 2 rings (SSSR count). The molecule has 4 heteroatoms. The first kappa shape index (κ1) is 11.3. The zero-order valence-corrected chi connectivity index (χ0v) is 9.74. The minimum absolute atomic E-state index is 0.656. The molecule has 0 aromatic rings. The van der Waals surface area contributed by atoms with Crippen molar-refractivity contribution in [1.82, 2.24) is 15.1 Å². The molecule has 2 heterocycles. The third kappa shape index (κ3) is 3.72. The summed E-state index contributed by atoms with van der Waals surface area (Å²) in [6.07, 6.45) is 0. The molecule has 0 aromatic heterocycles. The molecule has 0 aromatic carbocycles. The van der Waals surface area contributed by atoms with E-state index in [9.17, 15) is 0 Å². The van der Waals surface area contributed by atoms with Crippen LogP contribution in [0.2, 0.25) is 0 Å². The number of morpholine rings is 1. The number of rotatable bonds is 3. The average molecular weight is 213 g/mol. The predicted molar refractivity (Wildman–Crippen MR) is 61.2 cm³/mol. The molecule has 1 unspecified atom stereocenters. The molecule has 0 spiro atoms. The summed E-state index contributed by atoms with van der Waals surface area (Å²) < 4.78 is 5.34. The van der Waals surface area contributed by atoms with Crippen LogP contribution in [0.15, 0.2) is 0 Å². The Bertz CT molecular complexity index is 183. The van der Waals surface area contributed by atoms with Gasteiger partial charge in [-0.3, -0.25) is 9.80 Å². The van der Waals surface area contributed by atoms with Gasteiger partial charge in [0, 0.05) is 51.9 Å². The van der Waals surface area contributed by atoms with E-state index in [2.05, 4.69) is 22.0 Å². The van der Waals surface area contributed by atoms with Gasteiger partial charge in [-0.25, -0.2) is 0 Å². The Morgan fingerprint density at radius 2 is 1.87 bits per heavy atom. The number of nitrogens with zero attached hydrogens (tertiary/aromatic N) is 2. The second-order valence-electron chi connectivity index (χ2n) is 4.61. The molecule has 0 aliphatic carbocycles. The first-order chi connectivity index (χ1) is 7.34. The van der Waals surface area contributed by atoms with Gasteiger partial charge in [-0.05, 0) is 6.92 Å². The van der Waals surface area contributed by atoms with E-state index in [1.165, 1.54) is 26.2 Å². The lowest BCUT2D eigenvalue weighted by atomic mass is 10.2. The summed E-state index contributed by atoms with van der Waals surface area (Å²) in [6, 6.07) is 0.656. The quantitative estimate of drug-likeness (QED) is 0.691. The van der Waals surface area contributed by atoms with E-state index >= 15 is 0 Å². The van der Waals surface area contributed by atoms with Gasteiger partial charge in [0.05, 0.1) is 13.2 Å². The van der Waals surface area contributed by atoms with Gasteiger partial charge in [-0.1, -0.05) is 0 Å². The van der Waals surface area contributed by atoms with Crippen LogP contribution in [0.3, 0.4) is 0 Å². The maximum Gasteiger partial charge on any atom is 0.0594 e. The van der Waals surface area contributed by atoms with Crippen molar-refractivity contribution in [2.45, 2.75) is 13.0 Å².